The van der Waals surface area contributed by atoms with E-state index in [0.717, 1.165) is 0 Å². The molecule has 3 aromatic heterocycles. The van der Waals surface area contributed by atoms with Gasteiger partial charge >= 0.3 is 6.18 Å². The number of hydrogen-bond acceptors (Lipinski definition) is 6. The number of fused-ring (bicyclic) bond motifs is 2. The normalized spacial score (nSPS) is 17.4. The van der Waals surface area contributed by atoms with Gasteiger partial charge in [0.2, 0.25) is 0 Å². The van der Waals surface area contributed by atoms with E-state index in [-0.39, 0.29) is 61.9 Å². The molecule has 206 valence electrons. The largest absolute Gasteiger partial charge is 0.408 e. The topological polar surface area (TPSA) is 92.6 Å². The van der Waals surface area contributed by atoms with Crippen LogP contribution in [-0.4, -0.2) is 61.5 Å². The maximum Gasteiger partial charge on any atom is 0.408 e. The zero-order chi connectivity index (χ0) is 25.8. The van der Waals surface area contributed by atoms with Crippen LogP contribution in [0.2, 0.25) is 0 Å². The van der Waals surface area contributed by atoms with E-state index in [1.165, 1.54) is 39.8 Å². The zero-order valence-corrected chi connectivity index (χ0v) is 22.2. The number of aliphatic hydroxyl groups excluding tert-OH is 1. The Labute approximate surface area is 228 Å². The number of halogens is 6. The number of aromatic nitrogens is 4. The minimum Gasteiger partial charge on any atom is -0.395 e. The number of rotatable bonds is 5. The predicted octanol–water partition coefficient (Wildman–Crippen LogP) is 4.83. The SMILES string of the molecule is CC(C)(CO)c1cc(F)cc2ccc(-c3nnc4ccc([C@@H](N5CC[C@H](N)C5)C(F)(F)F)cn34)nc12.Cl.Cl. The van der Waals surface area contributed by atoms with Crippen LogP contribution in [0, 0.1) is 5.82 Å². The summed E-state index contributed by atoms with van der Waals surface area (Å²) in [5.41, 5.74) is 6.87. The fraction of sp³-hybridized carbons (Fsp3) is 0.400. The van der Waals surface area contributed by atoms with Crippen LogP contribution >= 0.6 is 24.8 Å². The molecular formula is C25H28Cl2F4N6O. The van der Waals surface area contributed by atoms with Crippen molar-refractivity contribution in [1.82, 2.24) is 24.5 Å². The van der Waals surface area contributed by atoms with E-state index >= 15 is 0 Å². The molecule has 4 heterocycles. The van der Waals surface area contributed by atoms with E-state index < -0.39 is 23.5 Å². The van der Waals surface area contributed by atoms with Gasteiger partial charge in [-0.1, -0.05) is 26.0 Å². The molecule has 0 aliphatic carbocycles. The van der Waals surface area contributed by atoms with E-state index in [2.05, 4.69) is 15.2 Å². The number of aliphatic hydroxyl groups is 1. The third-order valence-corrected chi connectivity index (χ3v) is 6.78. The van der Waals surface area contributed by atoms with Crippen LogP contribution in [0.4, 0.5) is 17.6 Å². The minimum absolute atomic E-state index is 0. The number of alkyl halides is 3. The van der Waals surface area contributed by atoms with Crippen molar-refractivity contribution in [2.24, 2.45) is 5.73 Å². The number of pyridine rings is 2. The van der Waals surface area contributed by atoms with Gasteiger partial charge in [0, 0.05) is 36.1 Å². The maximum atomic E-state index is 14.3. The van der Waals surface area contributed by atoms with Gasteiger partial charge in [-0.3, -0.25) is 9.30 Å². The number of benzene rings is 1. The molecular weight excluding hydrogens is 547 g/mol. The van der Waals surface area contributed by atoms with Crippen LogP contribution < -0.4 is 5.73 Å². The van der Waals surface area contributed by atoms with Crippen LogP contribution in [0.25, 0.3) is 28.1 Å². The summed E-state index contributed by atoms with van der Waals surface area (Å²) in [6.07, 6.45) is -2.61. The third-order valence-electron chi connectivity index (χ3n) is 6.78. The van der Waals surface area contributed by atoms with Crippen LogP contribution in [0.15, 0.2) is 42.6 Å². The lowest BCUT2D eigenvalue weighted by atomic mass is 9.84. The molecule has 7 nitrogen and oxygen atoms in total. The maximum absolute atomic E-state index is 14.3. The Bertz CT molecular complexity index is 1440. The zero-order valence-electron chi connectivity index (χ0n) is 20.6. The first-order valence-electron chi connectivity index (χ1n) is 11.6. The van der Waals surface area contributed by atoms with E-state index in [9.17, 15) is 22.7 Å². The fourth-order valence-electron chi connectivity index (χ4n) is 4.82. The van der Waals surface area contributed by atoms with Gasteiger partial charge < -0.3 is 10.8 Å². The highest BCUT2D eigenvalue weighted by atomic mass is 35.5. The Morgan fingerprint density at radius 3 is 2.47 bits per heavy atom. The van der Waals surface area contributed by atoms with E-state index in [1.807, 2.05) is 0 Å². The molecule has 3 N–H and O–H groups in total. The molecule has 0 bridgehead atoms. The lowest BCUT2D eigenvalue weighted by Gasteiger charge is -2.30. The molecule has 1 aliphatic heterocycles. The number of nitrogens with zero attached hydrogens (tertiary/aromatic N) is 5. The smallest absolute Gasteiger partial charge is 0.395 e. The molecule has 1 saturated heterocycles. The van der Waals surface area contributed by atoms with Crippen molar-refractivity contribution < 1.29 is 22.7 Å². The Morgan fingerprint density at radius 2 is 1.84 bits per heavy atom. The molecule has 1 aromatic carbocycles. The van der Waals surface area contributed by atoms with Gasteiger partial charge in [-0.2, -0.15) is 13.2 Å². The van der Waals surface area contributed by atoms with Crippen molar-refractivity contribution in [3.05, 3.63) is 59.5 Å². The molecule has 5 rings (SSSR count). The molecule has 2 atom stereocenters. The molecule has 1 aliphatic rings. The first kappa shape index (κ1) is 30.0. The highest BCUT2D eigenvalue weighted by Gasteiger charge is 2.46. The second kappa shape index (κ2) is 10.9. The minimum atomic E-state index is -4.50. The van der Waals surface area contributed by atoms with Crippen LogP contribution in [0.1, 0.15) is 37.4 Å². The molecule has 0 saturated carbocycles. The third kappa shape index (κ3) is 5.43. The van der Waals surface area contributed by atoms with Gasteiger partial charge in [0.15, 0.2) is 11.5 Å². The summed E-state index contributed by atoms with van der Waals surface area (Å²) in [5, 5.41) is 18.7. The first-order valence-corrected chi connectivity index (χ1v) is 11.6. The molecule has 0 spiro atoms. The van der Waals surface area contributed by atoms with Crippen molar-refractivity contribution in [2.45, 2.75) is 43.9 Å². The van der Waals surface area contributed by atoms with Crippen molar-refractivity contribution in [3.8, 4) is 11.5 Å². The average Bonchev–Trinajstić information content (AvgIpc) is 3.43. The summed E-state index contributed by atoms with van der Waals surface area (Å²) in [6.45, 7) is 3.73. The quantitative estimate of drug-likeness (QED) is 0.331. The summed E-state index contributed by atoms with van der Waals surface area (Å²) < 4.78 is 58.2. The average molecular weight is 575 g/mol. The van der Waals surface area contributed by atoms with Gasteiger partial charge in [0.05, 0.1) is 12.1 Å². The fourth-order valence-corrected chi connectivity index (χ4v) is 4.82. The number of likely N-dealkylation sites (tertiary alicyclic amines) is 1. The molecule has 4 aromatic rings. The van der Waals surface area contributed by atoms with Crippen molar-refractivity contribution in [1.29, 1.82) is 0 Å². The summed E-state index contributed by atoms with van der Waals surface area (Å²) >= 11 is 0. The van der Waals surface area contributed by atoms with Crippen molar-refractivity contribution in [2.75, 3.05) is 19.7 Å². The van der Waals surface area contributed by atoms with Crippen molar-refractivity contribution >= 4 is 41.4 Å². The van der Waals surface area contributed by atoms with Crippen LogP contribution in [-0.2, 0) is 5.41 Å². The highest BCUT2D eigenvalue weighted by Crippen LogP contribution is 2.39. The second-order valence-corrected chi connectivity index (χ2v) is 9.97. The van der Waals surface area contributed by atoms with Gasteiger partial charge in [-0.15, -0.1) is 35.0 Å². The van der Waals surface area contributed by atoms with E-state index in [0.29, 0.717) is 34.2 Å². The monoisotopic (exact) mass is 574 g/mol. The lowest BCUT2D eigenvalue weighted by Crippen LogP contribution is -2.38. The van der Waals surface area contributed by atoms with Crippen molar-refractivity contribution in [3.63, 3.8) is 0 Å². The summed E-state index contributed by atoms with van der Waals surface area (Å²) in [7, 11) is 0. The second-order valence-electron chi connectivity index (χ2n) is 9.97. The Hall–Kier alpha value is -2.57. The van der Waals surface area contributed by atoms with Gasteiger partial charge in [-0.05, 0) is 41.8 Å². The molecule has 13 heteroatoms. The first-order chi connectivity index (χ1) is 17.0. The van der Waals surface area contributed by atoms with Gasteiger partial charge in [-0.25, -0.2) is 9.37 Å². The predicted molar refractivity (Wildman–Crippen MR) is 141 cm³/mol. The number of hydrogen-bond donors (Lipinski definition) is 2. The van der Waals surface area contributed by atoms with Crippen LogP contribution in [0.5, 0.6) is 0 Å². The standard InChI is InChI=1S/C25H26F4N6O.2ClH/c1-24(2,13-36)18-10-16(26)9-14-3-5-19(31-21(14)18)23-33-32-20-6-4-15(11-35(20)23)22(25(27,28)29)34-8-7-17(30)12-34;;/h3-6,9-11,17,22,36H,7-8,12-13,30H2,1-2H3;2*1H/t17-,22+;;/m0../s1. The molecule has 38 heavy (non-hydrogen) atoms. The van der Waals surface area contributed by atoms with E-state index in [4.69, 9.17) is 5.73 Å². The molecule has 1 fully saturated rings. The summed E-state index contributed by atoms with van der Waals surface area (Å²) in [4.78, 5) is 6.03. The molecule has 0 unspecified atom stereocenters. The summed E-state index contributed by atoms with van der Waals surface area (Å²) in [6, 6.07) is 6.78. The number of nitrogens with two attached hydrogens (primary N) is 1. The van der Waals surface area contributed by atoms with Gasteiger partial charge in [0.25, 0.3) is 0 Å². The van der Waals surface area contributed by atoms with E-state index in [1.54, 1.807) is 26.0 Å². The Morgan fingerprint density at radius 1 is 1.11 bits per heavy atom. The molecule has 0 amide bonds. The van der Waals surface area contributed by atoms with Gasteiger partial charge in [0.1, 0.15) is 17.6 Å². The highest BCUT2D eigenvalue weighted by molar-refractivity contribution is 5.86. The molecule has 0 radical (unpaired) electrons. The Balaban J connectivity index is 0.00000200. The lowest BCUT2D eigenvalue weighted by molar-refractivity contribution is -0.183. The summed E-state index contributed by atoms with van der Waals surface area (Å²) in [5.74, 6) is -0.198. The van der Waals surface area contributed by atoms with Crippen LogP contribution in [0.3, 0.4) is 0 Å². The Kier molecular flexibility index (Phi) is 8.59.